The summed E-state index contributed by atoms with van der Waals surface area (Å²) in [4.78, 5) is 31.4. The number of halogens is 1. The number of aryl methyl sites for hydroxylation is 1. The van der Waals surface area contributed by atoms with Gasteiger partial charge < -0.3 is 4.74 Å². The zero-order chi connectivity index (χ0) is 22.1. The summed E-state index contributed by atoms with van der Waals surface area (Å²) in [6.07, 6.45) is 1.35. The summed E-state index contributed by atoms with van der Waals surface area (Å²) in [5.74, 6) is -0.698. The van der Waals surface area contributed by atoms with Gasteiger partial charge in [-0.15, -0.1) is 11.3 Å². The molecule has 7 heteroatoms. The van der Waals surface area contributed by atoms with Crippen LogP contribution in [-0.4, -0.2) is 21.6 Å². The first-order chi connectivity index (χ1) is 14.8. The Labute approximate surface area is 182 Å². The van der Waals surface area contributed by atoms with E-state index in [0.29, 0.717) is 22.3 Å². The summed E-state index contributed by atoms with van der Waals surface area (Å²) < 4.78 is 20.1. The Morgan fingerprint density at radius 2 is 1.81 bits per heavy atom. The number of thiophene rings is 1. The molecule has 0 spiro atoms. The van der Waals surface area contributed by atoms with Gasteiger partial charge in [0.2, 0.25) is 0 Å². The molecule has 4 aromatic rings. The molecule has 5 nitrogen and oxygen atoms in total. The third-order valence-electron chi connectivity index (χ3n) is 4.87. The van der Waals surface area contributed by atoms with Crippen LogP contribution in [0.1, 0.15) is 34.6 Å². The molecule has 0 aliphatic carbocycles. The molecule has 0 radical (unpaired) electrons. The van der Waals surface area contributed by atoms with Crippen LogP contribution < -0.4 is 5.56 Å². The van der Waals surface area contributed by atoms with Crippen LogP contribution in [-0.2, 0) is 11.3 Å². The van der Waals surface area contributed by atoms with Gasteiger partial charge in [-0.1, -0.05) is 24.3 Å². The Hall–Kier alpha value is -3.32. The van der Waals surface area contributed by atoms with Crippen LogP contribution in [0.15, 0.2) is 59.7 Å². The van der Waals surface area contributed by atoms with Gasteiger partial charge in [0, 0.05) is 10.4 Å². The van der Waals surface area contributed by atoms with E-state index in [4.69, 9.17) is 4.74 Å². The summed E-state index contributed by atoms with van der Waals surface area (Å²) in [5, 5.41) is 0.536. The van der Waals surface area contributed by atoms with Crippen molar-refractivity contribution in [3.8, 4) is 11.1 Å². The SMILES string of the molecule is Cc1sc2ncn(Cc3ccc(C(=O)OC(C)C)cc3)c(=O)c2c1-c1ccc(F)cc1. The van der Waals surface area contributed by atoms with E-state index in [1.54, 1.807) is 54.8 Å². The van der Waals surface area contributed by atoms with Gasteiger partial charge in [-0.3, -0.25) is 9.36 Å². The largest absolute Gasteiger partial charge is 0.459 e. The highest BCUT2D eigenvalue weighted by Gasteiger charge is 2.17. The first-order valence-corrected chi connectivity index (χ1v) is 10.7. The number of carbonyl (C=O) groups excluding carboxylic acids is 1. The van der Waals surface area contributed by atoms with Crippen LogP contribution in [0, 0.1) is 12.7 Å². The highest BCUT2D eigenvalue weighted by Crippen LogP contribution is 2.35. The maximum atomic E-state index is 13.4. The minimum Gasteiger partial charge on any atom is -0.459 e. The van der Waals surface area contributed by atoms with Crippen LogP contribution in [0.4, 0.5) is 4.39 Å². The Kier molecular flexibility index (Phi) is 5.69. The highest BCUT2D eigenvalue weighted by atomic mass is 32.1. The highest BCUT2D eigenvalue weighted by molar-refractivity contribution is 7.19. The molecule has 31 heavy (non-hydrogen) atoms. The monoisotopic (exact) mass is 436 g/mol. The molecule has 0 atom stereocenters. The Morgan fingerprint density at radius 3 is 2.45 bits per heavy atom. The van der Waals surface area contributed by atoms with Crippen molar-refractivity contribution in [2.45, 2.75) is 33.4 Å². The molecule has 158 valence electrons. The van der Waals surface area contributed by atoms with Crippen LogP contribution in [0.2, 0.25) is 0 Å². The smallest absolute Gasteiger partial charge is 0.338 e. The molecule has 0 unspecified atom stereocenters. The number of aromatic nitrogens is 2. The second-order valence-corrected chi connectivity index (χ2v) is 8.75. The third-order valence-corrected chi connectivity index (χ3v) is 5.89. The lowest BCUT2D eigenvalue weighted by molar-refractivity contribution is 0.0378. The molecule has 0 aliphatic rings. The predicted molar refractivity (Wildman–Crippen MR) is 120 cm³/mol. The zero-order valence-electron chi connectivity index (χ0n) is 17.4. The lowest BCUT2D eigenvalue weighted by atomic mass is 10.0. The summed E-state index contributed by atoms with van der Waals surface area (Å²) in [6.45, 7) is 5.85. The molecular formula is C24H21FN2O3S. The van der Waals surface area contributed by atoms with E-state index in [-0.39, 0.29) is 23.4 Å². The number of nitrogens with zero attached hydrogens (tertiary/aromatic N) is 2. The molecule has 0 amide bonds. The van der Waals surface area contributed by atoms with E-state index in [2.05, 4.69) is 4.98 Å². The molecule has 0 N–H and O–H groups in total. The van der Waals surface area contributed by atoms with E-state index in [1.807, 2.05) is 6.92 Å². The molecular weight excluding hydrogens is 415 g/mol. The molecule has 2 aromatic carbocycles. The lowest BCUT2D eigenvalue weighted by Gasteiger charge is -2.09. The topological polar surface area (TPSA) is 61.2 Å². The Morgan fingerprint density at radius 1 is 1.13 bits per heavy atom. The standard InChI is InChI=1S/C24H21FN2O3S/c1-14(2)30-24(29)18-6-4-16(5-7-18)12-27-13-26-22-21(23(27)28)20(15(3)31-22)17-8-10-19(25)11-9-17/h4-11,13-14H,12H2,1-3H3. The van der Waals surface area contributed by atoms with Crippen molar-refractivity contribution in [3.05, 3.63) is 87.0 Å². The number of hydrogen-bond donors (Lipinski definition) is 0. The Bertz CT molecular complexity index is 1310. The van der Waals surface area contributed by atoms with Crippen LogP contribution in [0.25, 0.3) is 21.3 Å². The number of benzene rings is 2. The minimum absolute atomic E-state index is 0.156. The zero-order valence-corrected chi connectivity index (χ0v) is 18.2. The molecule has 0 bridgehead atoms. The molecule has 0 aliphatic heterocycles. The fourth-order valence-corrected chi connectivity index (χ4v) is 4.44. The number of carbonyl (C=O) groups is 1. The molecule has 0 saturated heterocycles. The van der Waals surface area contributed by atoms with Gasteiger partial charge in [0.05, 0.1) is 29.9 Å². The summed E-state index contributed by atoms with van der Waals surface area (Å²) in [6, 6.07) is 13.1. The van der Waals surface area contributed by atoms with Crippen molar-refractivity contribution in [3.63, 3.8) is 0 Å². The first-order valence-electron chi connectivity index (χ1n) is 9.88. The van der Waals surface area contributed by atoms with E-state index >= 15 is 0 Å². The predicted octanol–water partition coefficient (Wildman–Crippen LogP) is 5.19. The molecule has 2 heterocycles. The second kappa shape index (κ2) is 8.43. The normalized spacial score (nSPS) is 11.3. The summed E-state index contributed by atoms with van der Waals surface area (Å²) in [5.41, 5.74) is 2.75. The van der Waals surface area contributed by atoms with Crippen LogP contribution in [0.3, 0.4) is 0 Å². The average Bonchev–Trinajstić information content (AvgIpc) is 3.07. The van der Waals surface area contributed by atoms with E-state index in [0.717, 1.165) is 21.6 Å². The van der Waals surface area contributed by atoms with E-state index < -0.39 is 0 Å². The van der Waals surface area contributed by atoms with Crippen LogP contribution in [0.5, 0.6) is 0 Å². The average molecular weight is 437 g/mol. The molecule has 4 rings (SSSR count). The number of fused-ring (bicyclic) bond motifs is 1. The molecule has 0 saturated carbocycles. The third kappa shape index (κ3) is 4.27. The number of hydrogen-bond acceptors (Lipinski definition) is 5. The minimum atomic E-state index is -0.375. The van der Waals surface area contributed by atoms with Crippen molar-refractivity contribution < 1.29 is 13.9 Å². The van der Waals surface area contributed by atoms with Crippen molar-refractivity contribution in [1.82, 2.24) is 9.55 Å². The lowest BCUT2D eigenvalue weighted by Crippen LogP contribution is -2.21. The van der Waals surface area contributed by atoms with Gasteiger partial charge in [0.25, 0.3) is 5.56 Å². The number of ether oxygens (including phenoxy) is 1. The maximum Gasteiger partial charge on any atom is 0.338 e. The van der Waals surface area contributed by atoms with Crippen molar-refractivity contribution in [2.75, 3.05) is 0 Å². The fourth-order valence-electron chi connectivity index (χ4n) is 3.44. The van der Waals surface area contributed by atoms with Gasteiger partial charge in [0.1, 0.15) is 10.6 Å². The van der Waals surface area contributed by atoms with Gasteiger partial charge in [-0.2, -0.15) is 0 Å². The number of rotatable bonds is 5. The Balaban J connectivity index is 1.69. The van der Waals surface area contributed by atoms with Gasteiger partial charge >= 0.3 is 5.97 Å². The fraction of sp³-hybridized carbons (Fsp3) is 0.208. The first kappa shape index (κ1) is 20.9. The van der Waals surface area contributed by atoms with E-state index in [1.165, 1.54) is 29.8 Å². The van der Waals surface area contributed by atoms with Gasteiger partial charge in [-0.05, 0) is 56.2 Å². The van der Waals surface area contributed by atoms with Gasteiger partial charge in [-0.25, -0.2) is 14.2 Å². The number of esters is 1. The molecule has 0 fully saturated rings. The van der Waals surface area contributed by atoms with E-state index in [9.17, 15) is 14.0 Å². The maximum absolute atomic E-state index is 13.4. The van der Waals surface area contributed by atoms with Crippen LogP contribution >= 0.6 is 11.3 Å². The molecule has 2 aromatic heterocycles. The quantitative estimate of drug-likeness (QED) is 0.404. The van der Waals surface area contributed by atoms with Crippen molar-refractivity contribution in [2.24, 2.45) is 0 Å². The second-order valence-electron chi connectivity index (χ2n) is 7.55. The van der Waals surface area contributed by atoms with Crippen molar-refractivity contribution >= 4 is 27.5 Å². The van der Waals surface area contributed by atoms with Crippen molar-refractivity contribution in [1.29, 1.82) is 0 Å². The van der Waals surface area contributed by atoms with Gasteiger partial charge in [0.15, 0.2) is 0 Å². The summed E-state index contributed by atoms with van der Waals surface area (Å²) in [7, 11) is 0. The summed E-state index contributed by atoms with van der Waals surface area (Å²) >= 11 is 1.45.